The Hall–Kier alpha value is -2.00. The smallest absolute Gasteiger partial charge is 0.255 e. The van der Waals surface area contributed by atoms with Crippen molar-refractivity contribution in [3.05, 3.63) is 65.7 Å². The molecule has 4 heteroatoms. The summed E-state index contributed by atoms with van der Waals surface area (Å²) in [6.07, 6.45) is 0. The molecule has 3 nitrogen and oxygen atoms in total. The van der Waals surface area contributed by atoms with E-state index in [0.29, 0.717) is 17.2 Å². The molecule has 1 amide bonds. The summed E-state index contributed by atoms with van der Waals surface area (Å²) >= 11 is 5.96. The molecule has 0 bridgehead atoms. The third-order valence-electron chi connectivity index (χ3n) is 3.01. The number of alkyl halides is 1. The number of carbonyl (C=O) groups is 1. The van der Waals surface area contributed by atoms with Crippen LogP contribution in [-0.4, -0.2) is 18.9 Å². The van der Waals surface area contributed by atoms with Crippen LogP contribution in [0, 0.1) is 0 Å². The summed E-state index contributed by atoms with van der Waals surface area (Å²) in [6, 6.07) is 16.5. The van der Waals surface area contributed by atoms with Crippen molar-refractivity contribution >= 4 is 17.5 Å². The van der Waals surface area contributed by atoms with Crippen LogP contribution in [0.5, 0.6) is 5.75 Å². The number of rotatable bonds is 5. The molecule has 0 saturated heterocycles. The maximum atomic E-state index is 12.3. The van der Waals surface area contributed by atoms with Crippen molar-refractivity contribution in [1.29, 1.82) is 0 Å². The van der Waals surface area contributed by atoms with E-state index in [1.54, 1.807) is 25.3 Å². The summed E-state index contributed by atoms with van der Waals surface area (Å²) in [7, 11) is 1.54. The quantitative estimate of drug-likeness (QED) is 0.857. The summed E-state index contributed by atoms with van der Waals surface area (Å²) < 4.78 is 5.19. The fourth-order valence-electron chi connectivity index (χ4n) is 1.96. The normalized spacial score (nSPS) is 11.7. The van der Waals surface area contributed by atoms with Crippen LogP contribution in [0.1, 0.15) is 22.0 Å². The predicted molar refractivity (Wildman–Crippen MR) is 80.4 cm³/mol. The molecule has 1 atom stereocenters. The first-order valence-electron chi connectivity index (χ1n) is 6.31. The maximum absolute atomic E-state index is 12.3. The minimum absolute atomic E-state index is 0.197. The second-order valence-corrected chi connectivity index (χ2v) is 4.60. The van der Waals surface area contributed by atoms with Crippen LogP contribution < -0.4 is 10.1 Å². The van der Waals surface area contributed by atoms with Crippen molar-refractivity contribution < 1.29 is 9.53 Å². The van der Waals surface area contributed by atoms with Crippen molar-refractivity contribution in [1.82, 2.24) is 5.32 Å². The standard InChI is InChI=1S/C16H16ClNO2/c1-20-15-10-6-5-9-13(15)16(19)18-14(11-17)12-7-3-2-4-8-12/h2-10,14H,11H2,1H3,(H,18,19). The lowest BCUT2D eigenvalue weighted by molar-refractivity contribution is 0.0937. The summed E-state index contributed by atoms with van der Waals surface area (Å²) in [5.74, 6) is 0.661. The largest absolute Gasteiger partial charge is 0.496 e. The topological polar surface area (TPSA) is 38.3 Å². The van der Waals surface area contributed by atoms with Gasteiger partial charge >= 0.3 is 0 Å². The number of ether oxygens (including phenoxy) is 1. The van der Waals surface area contributed by atoms with Gasteiger partial charge in [0.1, 0.15) is 5.75 Å². The van der Waals surface area contributed by atoms with Crippen molar-refractivity contribution in [2.45, 2.75) is 6.04 Å². The highest BCUT2D eigenvalue weighted by Crippen LogP contribution is 2.20. The SMILES string of the molecule is COc1ccccc1C(=O)NC(CCl)c1ccccc1. The van der Waals surface area contributed by atoms with Gasteiger partial charge in [-0.25, -0.2) is 0 Å². The lowest BCUT2D eigenvalue weighted by Crippen LogP contribution is -2.29. The van der Waals surface area contributed by atoms with Crippen LogP contribution in [0.2, 0.25) is 0 Å². The first-order chi connectivity index (χ1) is 9.76. The number of nitrogens with one attached hydrogen (secondary N) is 1. The van der Waals surface area contributed by atoms with Crippen molar-refractivity contribution in [2.75, 3.05) is 13.0 Å². The van der Waals surface area contributed by atoms with E-state index >= 15 is 0 Å². The van der Waals surface area contributed by atoms with Crippen LogP contribution in [-0.2, 0) is 0 Å². The second kappa shape index (κ2) is 6.96. The van der Waals surface area contributed by atoms with Gasteiger partial charge < -0.3 is 10.1 Å². The highest BCUT2D eigenvalue weighted by Gasteiger charge is 2.17. The first kappa shape index (κ1) is 14.4. The predicted octanol–water partition coefficient (Wildman–Crippen LogP) is 3.41. The van der Waals surface area contributed by atoms with E-state index < -0.39 is 0 Å². The van der Waals surface area contributed by atoms with Crippen LogP contribution in [0.4, 0.5) is 0 Å². The van der Waals surface area contributed by atoms with Crippen molar-refractivity contribution in [3.8, 4) is 5.75 Å². The maximum Gasteiger partial charge on any atom is 0.255 e. The fourth-order valence-corrected chi connectivity index (χ4v) is 2.22. The Morgan fingerprint density at radius 2 is 1.80 bits per heavy atom. The Labute approximate surface area is 123 Å². The molecule has 2 aromatic carbocycles. The van der Waals surface area contributed by atoms with E-state index in [4.69, 9.17) is 16.3 Å². The van der Waals surface area contributed by atoms with E-state index in [0.717, 1.165) is 5.56 Å². The van der Waals surface area contributed by atoms with E-state index in [9.17, 15) is 4.79 Å². The number of hydrogen-bond donors (Lipinski definition) is 1. The molecule has 0 aliphatic rings. The third kappa shape index (κ3) is 3.31. The number of benzene rings is 2. The number of amides is 1. The van der Waals surface area contributed by atoms with Gasteiger partial charge in [-0.3, -0.25) is 4.79 Å². The fraction of sp³-hybridized carbons (Fsp3) is 0.188. The Balaban J connectivity index is 2.18. The monoisotopic (exact) mass is 289 g/mol. The highest BCUT2D eigenvalue weighted by atomic mass is 35.5. The summed E-state index contributed by atoms with van der Waals surface area (Å²) in [6.45, 7) is 0. The number of carbonyl (C=O) groups excluding carboxylic acids is 1. The van der Waals surface area contributed by atoms with Gasteiger partial charge in [-0.2, -0.15) is 0 Å². The van der Waals surface area contributed by atoms with Gasteiger partial charge in [0.05, 0.1) is 18.7 Å². The zero-order valence-corrected chi connectivity index (χ0v) is 11.9. The molecule has 0 fully saturated rings. The van der Waals surface area contributed by atoms with Crippen molar-refractivity contribution in [2.24, 2.45) is 0 Å². The van der Waals surface area contributed by atoms with E-state index in [1.807, 2.05) is 36.4 Å². The van der Waals surface area contributed by atoms with Gasteiger partial charge in [0.2, 0.25) is 0 Å². The molecular formula is C16H16ClNO2. The summed E-state index contributed by atoms with van der Waals surface area (Å²) in [5.41, 5.74) is 1.48. The molecule has 104 valence electrons. The minimum Gasteiger partial charge on any atom is -0.496 e. The van der Waals surface area contributed by atoms with E-state index in [1.165, 1.54) is 0 Å². The van der Waals surface area contributed by atoms with Gasteiger partial charge in [0.25, 0.3) is 5.91 Å². The Bertz CT molecular complexity index is 572. The number of methoxy groups -OCH3 is 1. The van der Waals surface area contributed by atoms with Gasteiger partial charge in [-0.1, -0.05) is 42.5 Å². The average Bonchev–Trinajstić information content (AvgIpc) is 2.53. The van der Waals surface area contributed by atoms with Crippen LogP contribution in [0.15, 0.2) is 54.6 Å². The van der Waals surface area contributed by atoms with E-state index in [-0.39, 0.29) is 11.9 Å². The lowest BCUT2D eigenvalue weighted by atomic mass is 10.1. The molecule has 0 aliphatic heterocycles. The molecule has 2 aromatic rings. The van der Waals surface area contributed by atoms with Gasteiger partial charge in [-0.05, 0) is 17.7 Å². The van der Waals surface area contributed by atoms with Crippen molar-refractivity contribution in [3.63, 3.8) is 0 Å². The molecule has 0 heterocycles. The molecule has 1 N–H and O–H groups in total. The second-order valence-electron chi connectivity index (χ2n) is 4.29. The summed E-state index contributed by atoms with van der Waals surface area (Å²) in [4.78, 5) is 12.3. The average molecular weight is 290 g/mol. The molecule has 2 rings (SSSR count). The Morgan fingerprint density at radius 3 is 2.45 bits per heavy atom. The van der Waals surface area contributed by atoms with Gasteiger partial charge in [0.15, 0.2) is 0 Å². The molecule has 20 heavy (non-hydrogen) atoms. The summed E-state index contributed by atoms with van der Waals surface area (Å²) in [5, 5.41) is 2.92. The Kier molecular flexibility index (Phi) is 5.02. The minimum atomic E-state index is -0.227. The molecule has 0 aromatic heterocycles. The number of halogens is 1. The zero-order valence-electron chi connectivity index (χ0n) is 11.2. The molecule has 0 saturated carbocycles. The van der Waals surface area contributed by atoms with Gasteiger partial charge in [-0.15, -0.1) is 11.6 Å². The Morgan fingerprint density at radius 1 is 1.15 bits per heavy atom. The number of para-hydroxylation sites is 1. The molecule has 0 spiro atoms. The molecular weight excluding hydrogens is 274 g/mol. The molecule has 0 radical (unpaired) electrons. The van der Waals surface area contributed by atoms with Crippen LogP contribution in [0.25, 0.3) is 0 Å². The highest BCUT2D eigenvalue weighted by molar-refractivity contribution is 6.18. The third-order valence-corrected chi connectivity index (χ3v) is 3.32. The molecule has 0 aliphatic carbocycles. The lowest BCUT2D eigenvalue weighted by Gasteiger charge is -2.17. The van der Waals surface area contributed by atoms with Crippen LogP contribution in [0.3, 0.4) is 0 Å². The molecule has 1 unspecified atom stereocenters. The zero-order chi connectivity index (χ0) is 14.4. The van der Waals surface area contributed by atoms with Crippen LogP contribution >= 0.6 is 11.6 Å². The first-order valence-corrected chi connectivity index (χ1v) is 6.84. The van der Waals surface area contributed by atoms with E-state index in [2.05, 4.69) is 5.32 Å². The number of hydrogen-bond acceptors (Lipinski definition) is 2. The van der Waals surface area contributed by atoms with Gasteiger partial charge in [0, 0.05) is 5.88 Å².